The smallest absolute Gasteiger partial charge is 0.163 e. The fourth-order valence-electron chi connectivity index (χ4n) is 1.74. The van der Waals surface area contributed by atoms with E-state index in [2.05, 4.69) is 15.4 Å². The van der Waals surface area contributed by atoms with E-state index in [4.69, 9.17) is 10.00 Å². The van der Waals surface area contributed by atoms with Crippen LogP contribution in [0.2, 0.25) is 0 Å². The molecule has 3 rings (SSSR count). The average molecular weight is 240 g/mol. The Bertz CT molecular complexity index is 595. The van der Waals surface area contributed by atoms with Crippen LogP contribution >= 0.6 is 0 Å². The van der Waals surface area contributed by atoms with Crippen molar-refractivity contribution in [2.24, 2.45) is 5.92 Å². The third-order valence-corrected chi connectivity index (χ3v) is 2.95. The SMILES string of the molecule is N#Cc1[nH]nnc1-c1cccc(OCC2CC2)c1. The molecule has 5 nitrogen and oxygen atoms in total. The Labute approximate surface area is 104 Å². The van der Waals surface area contributed by atoms with Gasteiger partial charge in [0.15, 0.2) is 5.69 Å². The van der Waals surface area contributed by atoms with Gasteiger partial charge in [-0.1, -0.05) is 17.3 Å². The molecule has 0 spiro atoms. The standard InChI is InChI=1S/C13H12N4O/c14-7-12-13(16-17-15-12)10-2-1-3-11(6-10)18-8-9-4-5-9/h1-3,6,9H,4-5,8H2,(H,15,16,17). The summed E-state index contributed by atoms with van der Waals surface area (Å²) in [4.78, 5) is 0. The molecule has 1 aromatic carbocycles. The third kappa shape index (κ3) is 2.18. The molecule has 1 fully saturated rings. The molecule has 1 N–H and O–H groups in total. The first-order valence-corrected chi connectivity index (χ1v) is 5.91. The van der Waals surface area contributed by atoms with Gasteiger partial charge in [0.05, 0.1) is 6.61 Å². The topological polar surface area (TPSA) is 74.6 Å². The van der Waals surface area contributed by atoms with Gasteiger partial charge in [0.2, 0.25) is 0 Å². The highest BCUT2D eigenvalue weighted by Crippen LogP contribution is 2.30. The molecule has 0 atom stereocenters. The van der Waals surface area contributed by atoms with Crippen LogP contribution < -0.4 is 4.74 Å². The monoisotopic (exact) mass is 240 g/mol. The Hall–Kier alpha value is -2.35. The van der Waals surface area contributed by atoms with E-state index in [1.807, 2.05) is 30.3 Å². The highest BCUT2D eigenvalue weighted by atomic mass is 16.5. The minimum absolute atomic E-state index is 0.370. The molecule has 0 bridgehead atoms. The van der Waals surface area contributed by atoms with Crippen molar-refractivity contribution in [3.8, 4) is 23.1 Å². The van der Waals surface area contributed by atoms with Crippen molar-refractivity contribution in [1.82, 2.24) is 15.4 Å². The first-order chi connectivity index (χ1) is 8.86. The number of ether oxygens (including phenoxy) is 1. The van der Waals surface area contributed by atoms with E-state index in [1.165, 1.54) is 12.8 Å². The Morgan fingerprint density at radius 3 is 3.11 bits per heavy atom. The van der Waals surface area contributed by atoms with Crippen LogP contribution in [0.3, 0.4) is 0 Å². The molecule has 1 aliphatic carbocycles. The molecular weight excluding hydrogens is 228 g/mol. The summed E-state index contributed by atoms with van der Waals surface area (Å²) in [5.41, 5.74) is 1.78. The second-order valence-electron chi connectivity index (χ2n) is 4.43. The molecule has 0 aliphatic heterocycles. The molecule has 90 valence electrons. The van der Waals surface area contributed by atoms with Crippen molar-refractivity contribution in [1.29, 1.82) is 5.26 Å². The van der Waals surface area contributed by atoms with Crippen LogP contribution in [0.5, 0.6) is 5.75 Å². The van der Waals surface area contributed by atoms with Gasteiger partial charge < -0.3 is 4.74 Å². The number of nitriles is 1. The van der Waals surface area contributed by atoms with Crippen molar-refractivity contribution in [2.45, 2.75) is 12.8 Å². The van der Waals surface area contributed by atoms with E-state index in [0.29, 0.717) is 11.4 Å². The fourth-order valence-corrected chi connectivity index (χ4v) is 1.74. The lowest BCUT2D eigenvalue weighted by Gasteiger charge is -2.06. The number of hydrogen-bond donors (Lipinski definition) is 1. The Morgan fingerprint density at radius 2 is 2.33 bits per heavy atom. The Morgan fingerprint density at radius 1 is 1.44 bits per heavy atom. The summed E-state index contributed by atoms with van der Waals surface area (Å²) in [6.45, 7) is 0.771. The van der Waals surface area contributed by atoms with Crippen molar-refractivity contribution < 1.29 is 4.74 Å². The molecule has 5 heteroatoms. The van der Waals surface area contributed by atoms with E-state index < -0.39 is 0 Å². The molecule has 18 heavy (non-hydrogen) atoms. The van der Waals surface area contributed by atoms with Crippen LogP contribution in [0.4, 0.5) is 0 Å². The number of nitrogens with one attached hydrogen (secondary N) is 1. The van der Waals surface area contributed by atoms with Gasteiger partial charge in [0.1, 0.15) is 17.5 Å². The molecule has 0 saturated heterocycles. The van der Waals surface area contributed by atoms with Crippen LogP contribution in [-0.2, 0) is 0 Å². The van der Waals surface area contributed by atoms with Crippen LogP contribution in [0, 0.1) is 17.2 Å². The number of hydrogen-bond acceptors (Lipinski definition) is 4. The van der Waals surface area contributed by atoms with Crippen LogP contribution in [0.25, 0.3) is 11.3 Å². The molecule has 1 saturated carbocycles. The average Bonchev–Trinajstić information content (AvgIpc) is 3.12. The van der Waals surface area contributed by atoms with E-state index >= 15 is 0 Å². The maximum Gasteiger partial charge on any atom is 0.163 e. The minimum atomic E-state index is 0.370. The van der Waals surface area contributed by atoms with E-state index in [-0.39, 0.29) is 0 Å². The number of aromatic nitrogens is 3. The van der Waals surface area contributed by atoms with Crippen LogP contribution in [0.15, 0.2) is 24.3 Å². The first kappa shape index (κ1) is 10.8. The lowest BCUT2D eigenvalue weighted by atomic mass is 10.1. The Balaban J connectivity index is 1.83. The van der Waals surface area contributed by atoms with Gasteiger partial charge in [-0.05, 0) is 30.9 Å². The quantitative estimate of drug-likeness (QED) is 0.888. The van der Waals surface area contributed by atoms with Crippen molar-refractivity contribution in [3.05, 3.63) is 30.0 Å². The maximum atomic E-state index is 8.93. The summed E-state index contributed by atoms with van der Waals surface area (Å²) >= 11 is 0. The Kier molecular flexibility index (Phi) is 2.69. The molecule has 1 heterocycles. The molecule has 1 aromatic heterocycles. The highest BCUT2D eigenvalue weighted by Gasteiger charge is 2.22. The maximum absolute atomic E-state index is 8.93. The summed E-state index contributed by atoms with van der Waals surface area (Å²) in [5.74, 6) is 1.53. The van der Waals surface area contributed by atoms with Gasteiger partial charge in [-0.3, -0.25) is 0 Å². The van der Waals surface area contributed by atoms with E-state index in [1.54, 1.807) is 0 Å². The number of rotatable bonds is 4. The minimum Gasteiger partial charge on any atom is -0.493 e. The normalized spacial score (nSPS) is 14.2. The second kappa shape index (κ2) is 4.49. The summed E-state index contributed by atoms with van der Waals surface area (Å²) < 4.78 is 5.70. The lowest BCUT2D eigenvalue weighted by Crippen LogP contribution is -1.98. The lowest BCUT2D eigenvalue weighted by molar-refractivity contribution is 0.300. The molecule has 2 aromatic rings. The molecule has 0 radical (unpaired) electrons. The zero-order valence-corrected chi connectivity index (χ0v) is 9.76. The van der Waals surface area contributed by atoms with Crippen molar-refractivity contribution >= 4 is 0 Å². The molecule has 1 aliphatic rings. The number of benzene rings is 1. The van der Waals surface area contributed by atoms with Gasteiger partial charge >= 0.3 is 0 Å². The molecule has 0 unspecified atom stereocenters. The predicted molar refractivity (Wildman–Crippen MR) is 64.8 cm³/mol. The summed E-state index contributed by atoms with van der Waals surface area (Å²) in [5, 5.41) is 19.1. The fraction of sp³-hybridized carbons (Fsp3) is 0.308. The van der Waals surface area contributed by atoms with Crippen molar-refractivity contribution in [2.75, 3.05) is 6.61 Å². The van der Waals surface area contributed by atoms with Crippen LogP contribution in [-0.4, -0.2) is 22.0 Å². The zero-order valence-electron chi connectivity index (χ0n) is 9.76. The molecule has 0 amide bonds. The summed E-state index contributed by atoms with van der Waals surface area (Å²) in [6, 6.07) is 9.62. The van der Waals surface area contributed by atoms with E-state index in [0.717, 1.165) is 23.8 Å². The third-order valence-electron chi connectivity index (χ3n) is 2.95. The second-order valence-corrected chi connectivity index (χ2v) is 4.43. The summed E-state index contributed by atoms with van der Waals surface area (Å²) in [6.07, 6.45) is 2.53. The van der Waals surface area contributed by atoms with Gasteiger partial charge in [-0.2, -0.15) is 5.26 Å². The van der Waals surface area contributed by atoms with Gasteiger partial charge in [-0.15, -0.1) is 5.10 Å². The first-order valence-electron chi connectivity index (χ1n) is 5.91. The zero-order chi connectivity index (χ0) is 12.4. The number of H-pyrrole nitrogens is 1. The largest absolute Gasteiger partial charge is 0.493 e. The summed E-state index contributed by atoms with van der Waals surface area (Å²) in [7, 11) is 0. The van der Waals surface area contributed by atoms with Crippen molar-refractivity contribution in [3.63, 3.8) is 0 Å². The number of aromatic amines is 1. The van der Waals surface area contributed by atoms with Gasteiger partial charge in [0.25, 0.3) is 0 Å². The van der Waals surface area contributed by atoms with Gasteiger partial charge in [0, 0.05) is 5.56 Å². The number of nitrogens with zero attached hydrogens (tertiary/aromatic N) is 3. The van der Waals surface area contributed by atoms with Crippen LogP contribution in [0.1, 0.15) is 18.5 Å². The predicted octanol–water partition coefficient (Wildman–Crippen LogP) is 2.13. The van der Waals surface area contributed by atoms with Gasteiger partial charge in [-0.25, -0.2) is 5.10 Å². The van der Waals surface area contributed by atoms with E-state index in [9.17, 15) is 0 Å². The highest BCUT2D eigenvalue weighted by molar-refractivity contribution is 5.65. The molecular formula is C13H12N4O.